The van der Waals surface area contributed by atoms with Crippen molar-refractivity contribution in [2.24, 2.45) is 10.8 Å². The molecule has 4 unspecified atom stereocenters. The number of carbonyl (C=O) groups is 4. The molecule has 10 heteroatoms. The number of benzene rings is 2. The zero-order valence-electron chi connectivity index (χ0n) is 30.2. The van der Waals surface area contributed by atoms with Crippen LogP contribution in [0, 0.1) is 10.8 Å². The number of carbonyl (C=O) groups excluding carboxylic acids is 4. The summed E-state index contributed by atoms with van der Waals surface area (Å²) in [6.45, 7) is 8.23. The highest BCUT2D eigenvalue weighted by Crippen LogP contribution is 2.43. The molecule has 4 rings (SSSR count). The van der Waals surface area contributed by atoms with E-state index in [4.69, 9.17) is 18.9 Å². The van der Waals surface area contributed by atoms with Crippen LogP contribution in [-0.2, 0) is 49.6 Å². The lowest BCUT2D eigenvalue weighted by molar-refractivity contribution is -0.167. The van der Waals surface area contributed by atoms with Gasteiger partial charge in [0.15, 0.2) is 10.8 Å². The molecule has 2 heterocycles. The molecule has 0 spiro atoms. The van der Waals surface area contributed by atoms with E-state index in [2.05, 4.69) is 62.4 Å². The Kier molecular flexibility index (Phi) is 15.6. The van der Waals surface area contributed by atoms with Crippen molar-refractivity contribution >= 4 is 47.4 Å². The fourth-order valence-corrected chi connectivity index (χ4v) is 8.77. The summed E-state index contributed by atoms with van der Waals surface area (Å²) in [5.41, 5.74) is 2.29. The Labute approximate surface area is 306 Å². The van der Waals surface area contributed by atoms with Gasteiger partial charge in [-0.3, -0.25) is 19.2 Å². The van der Waals surface area contributed by atoms with Crippen molar-refractivity contribution < 1.29 is 38.1 Å². The molecule has 0 saturated carbocycles. The topological polar surface area (TPSA) is 105 Å². The van der Waals surface area contributed by atoms with Crippen LogP contribution in [-0.4, -0.2) is 60.8 Å². The van der Waals surface area contributed by atoms with E-state index < -0.39 is 34.7 Å². The van der Waals surface area contributed by atoms with E-state index in [9.17, 15) is 19.2 Å². The largest absolute Gasteiger partial charge is 0.465 e. The SMILES string of the molecule is CCCCCC1(C(=O)OCC)CC(CSCc2ccc(-c3ccc(CSCC4CC(CCCCC)(C(=O)OCC)C(=O)O4)cc3)cc2)OC1=O. The number of ether oxygens (including phenoxy) is 4. The Hall–Kier alpha value is -2.98. The molecule has 8 nitrogen and oxygen atoms in total. The number of esters is 4. The maximum Gasteiger partial charge on any atom is 0.323 e. The summed E-state index contributed by atoms with van der Waals surface area (Å²) in [6.07, 6.45) is 6.72. The van der Waals surface area contributed by atoms with Crippen LogP contribution >= 0.6 is 23.5 Å². The minimum atomic E-state index is -1.16. The molecule has 4 atom stereocenters. The van der Waals surface area contributed by atoms with Crippen LogP contribution in [0.15, 0.2) is 48.5 Å². The predicted molar refractivity (Wildman–Crippen MR) is 200 cm³/mol. The molecule has 2 aliphatic rings. The first-order chi connectivity index (χ1) is 24.2. The second-order valence-electron chi connectivity index (χ2n) is 13.4. The Morgan fingerprint density at radius 3 is 1.36 bits per heavy atom. The van der Waals surface area contributed by atoms with Gasteiger partial charge in [0.2, 0.25) is 0 Å². The smallest absolute Gasteiger partial charge is 0.323 e. The molecule has 2 saturated heterocycles. The fraction of sp³-hybridized carbons (Fsp3) is 0.600. The van der Waals surface area contributed by atoms with Gasteiger partial charge in [-0.2, -0.15) is 23.5 Å². The Balaban J connectivity index is 1.23. The molecule has 0 aliphatic carbocycles. The average Bonchev–Trinajstić information content (AvgIpc) is 3.61. The number of hydrogen-bond donors (Lipinski definition) is 0. The monoisotopic (exact) mass is 726 g/mol. The van der Waals surface area contributed by atoms with Gasteiger partial charge in [0.05, 0.1) is 13.2 Å². The Morgan fingerprint density at radius 1 is 0.640 bits per heavy atom. The van der Waals surface area contributed by atoms with E-state index in [1.54, 1.807) is 37.4 Å². The summed E-state index contributed by atoms with van der Waals surface area (Å²) >= 11 is 3.41. The summed E-state index contributed by atoms with van der Waals surface area (Å²) in [4.78, 5) is 51.4. The summed E-state index contributed by atoms with van der Waals surface area (Å²) in [7, 11) is 0. The normalized spacial score (nSPS) is 23.0. The van der Waals surface area contributed by atoms with Gasteiger partial charge in [-0.25, -0.2) is 0 Å². The zero-order chi connectivity index (χ0) is 36.0. The second-order valence-corrected chi connectivity index (χ2v) is 15.5. The summed E-state index contributed by atoms with van der Waals surface area (Å²) < 4.78 is 22.0. The van der Waals surface area contributed by atoms with Gasteiger partial charge >= 0.3 is 23.9 Å². The van der Waals surface area contributed by atoms with E-state index in [0.717, 1.165) is 61.2 Å². The molecule has 274 valence electrons. The second kappa shape index (κ2) is 19.6. The fourth-order valence-electron chi connectivity index (χ4n) is 6.78. The molecule has 50 heavy (non-hydrogen) atoms. The van der Waals surface area contributed by atoms with Crippen molar-refractivity contribution in [3.63, 3.8) is 0 Å². The first kappa shape index (κ1) is 39.8. The van der Waals surface area contributed by atoms with Crippen molar-refractivity contribution in [2.45, 2.75) is 116 Å². The van der Waals surface area contributed by atoms with E-state index >= 15 is 0 Å². The number of unbranched alkanes of at least 4 members (excludes halogenated alkanes) is 4. The highest BCUT2D eigenvalue weighted by molar-refractivity contribution is 7.98. The molecular weight excluding hydrogens is 673 g/mol. The number of hydrogen-bond acceptors (Lipinski definition) is 10. The van der Waals surface area contributed by atoms with E-state index in [1.807, 2.05) is 0 Å². The number of rotatable bonds is 21. The zero-order valence-corrected chi connectivity index (χ0v) is 31.8. The molecule has 2 aromatic carbocycles. The lowest BCUT2D eigenvalue weighted by atomic mass is 9.80. The van der Waals surface area contributed by atoms with Crippen LogP contribution in [0.5, 0.6) is 0 Å². The maximum absolute atomic E-state index is 12.9. The maximum atomic E-state index is 12.9. The Bertz CT molecular complexity index is 1300. The number of thioether (sulfide) groups is 2. The average molecular weight is 727 g/mol. The molecule has 2 aromatic rings. The third-order valence-electron chi connectivity index (χ3n) is 9.61. The van der Waals surface area contributed by atoms with Gasteiger partial charge < -0.3 is 18.9 Å². The molecule has 0 N–H and O–H groups in total. The molecule has 0 bridgehead atoms. The summed E-state index contributed by atoms with van der Waals surface area (Å²) in [5.74, 6) is 1.09. The molecule has 2 aliphatic heterocycles. The number of cyclic esters (lactones) is 2. The van der Waals surface area contributed by atoms with Gasteiger partial charge in [0.1, 0.15) is 12.2 Å². The molecule has 0 aromatic heterocycles. The van der Waals surface area contributed by atoms with E-state index in [-0.39, 0.29) is 25.4 Å². The van der Waals surface area contributed by atoms with Crippen LogP contribution in [0.3, 0.4) is 0 Å². The summed E-state index contributed by atoms with van der Waals surface area (Å²) in [5, 5.41) is 0. The van der Waals surface area contributed by atoms with Gasteiger partial charge in [0, 0.05) is 35.9 Å². The van der Waals surface area contributed by atoms with E-state index in [1.165, 1.54) is 11.1 Å². The van der Waals surface area contributed by atoms with Crippen molar-refractivity contribution in [1.29, 1.82) is 0 Å². The lowest BCUT2D eigenvalue weighted by Crippen LogP contribution is -2.37. The van der Waals surface area contributed by atoms with Crippen molar-refractivity contribution in [1.82, 2.24) is 0 Å². The first-order valence-corrected chi connectivity index (χ1v) is 20.6. The predicted octanol–water partition coefficient (Wildman–Crippen LogP) is 8.71. The van der Waals surface area contributed by atoms with Crippen molar-refractivity contribution in [2.75, 3.05) is 24.7 Å². The van der Waals surface area contributed by atoms with Gasteiger partial charge in [-0.05, 0) is 48.9 Å². The molecular formula is C40H54O8S2. The van der Waals surface area contributed by atoms with Crippen molar-refractivity contribution in [3.05, 3.63) is 59.7 Å². The quantitative estimate of drug-likeness (QED) is 0.0537. The van der Waals surface area contributed by atoms with Crippen LogP contribution in [0.2, 0.25) is 0 Å². The third-order valence-corrected chi connectivity index (χ3v) is 11.9. The van der Waals surface area contributed by atoms with Crippen LogP contribution < -0.4 is 0 Å². The van der Waals surface area contributed by atoms with Crippen molar-refractivity contribution in [3.8, 4) is 11.1 Å². The summed E-state index contributed by atoms with van der Waals surface area (Å²) in [6, 6.07) is 17.0. The van der Waals surface area contributed by atoms with Crippen LogP contribution in [0.4, 0.5) is 0 Å². The van der Waals surface area contributed by atoms with Gasteiger partial charge in [0.25, 0.3) is 0 Å². The highest BCUT2D eigenvalue weighted by Gasteiger charge is 2.56. The minimum Gasteiger partial charge on any atom is -0.465 e. The van der Waals surface area contributed by atoms with Gasteiger partial charge in [-0.15, -0.1) is 0 Å². The lowest BCUT2D eigenvalue weighted by Gasteiger charge is -2.22. The minimum absolute atomic E-state index is 0.251. The molecule has 2 fully saturated rings. The third kappa shape index (κ3) is 10.1. The van der Waals surface area contributed by atoms with Crippen LogP contribution in [0.1, 0.15) is 103 Å². The van der Waals surface area contributed by atoms with Gasteiger partial charge in [-0.1, -0.05) is 101 Å². The standard InChI is InChI=1S/C40H54O8S2/c1-5-9-11-21-39(35(41)45-7-3)23-33(47-37(39)43)27-49-25-29-13-17-31(18-14-29)32-19-15-30(16-20-32)26-50-28-34-24-40(38(44)48-34,22-12-10-6-2)36(42)46-8-4/h13-20,33-34H,5-12,21-28H2,1-4H3. The molecule has 0 radical (unpaired) electrons. The Morgan fingerprint density at radius 2 is 1.02 bits per heavy atom. The highest BCUT2D eigenvalue weighted by atomic mass is 32.2. The first-order valence-electron chi connectivity index (χ1n) is 18.3. The molecule has 0 amide bonds. The van der Waals surface area contributed by atoms with Crippen LogP contribution in [0.25, 0.3) is 11.1 Å². The van der Waals surface area contributed by atoms with E-state index in [0.29, 0.717) is 37.2 Å².